The van der Waals surface area contributed by atoms with Crippen LogP contribution in [-0.4, -0.2) is 44.9 Å². The Morgan fingerprint density at radius 3 is 3.00 bits per heavy atom. The number of hydrogen-bond donors (Lipinski definition) is 3. The first-order valence-corrected chi connectivity index (χ1v) is 7.61. The van der Waals surface area contributed by atoms with Crippen molar-refractivity contribution in [3.05, 3.63) is 23.0 Å². The lowest BCUT2D eigenvalue weighted by Gasteiger charge is -2.30. The molecular formula is C15H23N5O. The van der Waals surface area contributed by atoms with Crippen molar-refractivity contribution in [2.24, 2.45) is 0 Å². The molecule has 1 aliphatic rings. The van der Waals surface area contributed by atoms with E-state index in [0.717, 1.165) is 54.3 Å². The zero-order chi connectivity index (χ0) is 15.0. The van der Waals surface area contributed by atoms with E-state index in [9.17, 15) is 5.11 Å². The van der Waals surface area contributed by atoms with Crippen molar-refractivity contribution in [2.45, 2.75) is 45.8 Å². The highest BCUT2D eigenvalue weighted by Crippen LogP contribution is 2.20. The average molecular weight is 289 g/mol. The van der Waals surface area contributed by atoms with E-state index in [2.05, 4.69) is 27.6 Å². The number of piperidine rings is 1. The number of aryl methyl sites for hydroxylation is 3. The molecule has 1 aliphatic heterocycles. The van der Waals surface area contributed by atoms with Crippen LogP contribution in [-0.2, 0) is 6.42 Å². The summed E-state index contributed by atoms with van der Waals surface area (Å²) in [4.78, 5) is 4.67. The summed E-state index contributed by atoms with van der Waals surface area (Å²) in [6.07, 6.45) is 1.31. The molecule has 0 amide bonds. The molecule has 3 rings (SSSR count). The Morgan fingerprint density at radius 1 is 1.48 bits per heavy atom. The zero-order valence-electron chi connectivity index (χ0n) is 12.8. The van der Waals surface area contributed by atoms with Crippen LogP contribution in [0.4, 0.5) is 5.82 Å². The first kappa shape index (κ1) is 14.3. The molecule has 2 aromatic rings. The van der Waals surface area contributed by atoms with Gasteiger partial charge in [-0.2, -0.15) is 9.61 Å². The van der Waals surface area contributed by atoms with Crippen molar-refractivity contribution in [3.8, 4) is 0 Å². The van der Waals surface area contributed by atoms with E-state index >= 15 is 0 Å². The van der Waals surface area contributed by atoms with Gasteiger partial charge in [-0.1, -0.05) is 6.92 Å². The third-order valence-corrected chi connectivity index (χ3v) is 4.25. The number of nitrogens with zero attached hydrogens (tertiary/aromatic N) is 3. The molecule has 3 N–H and O–H groups in total. The Hall–Kier alpha value is -1.66. The summed E-state index contributed by atoms with van der Waals surface area (Å²) in [6.45, 7) is 7.76. The molecule has 0 saturated carbocycles. The fraction of sp³-hybridized carbons (Fsp3) is 0.600. The summed E-state index contributed by atoms with van der Waals surface area (Å²) in [6, 6.07) is 2.03. The molecule has 0 radical (unpaired) electrons. The smallest absolute Gasteiger partial charge is 0.160 e. The number of anilines is 1. The monoisotopic (exact) mass is 289 g/mol. The van der Waals surface area contributed by atoms with Gasteiger partial charge in [0.05, 0.1) is 17.8 Å². The lowest BCUT2D eigenvalue weighted by Crippen LogP contribution is -2.48. The molecule has 0 spiro atoms. The lowest BCUT2D eigenvalue weighted by molar-refractivity contribution is 0.124. The van der Waals surface area contributed by atoms with Crippen LogP contribution >= 0.6 is 0 Å². The van der Waals surface area contributed by atoms with Crippen molar-refractivity contribution in [1.29, 1.82) is 0 Å². The molecule has 0 aliphatic carbocycles. The molecule has 0 unspecified atom stereocenters. The average Bonchev–Trinajstić information content (AvgIpc) is 2.77. The molecule has 114 valence electrons. The first-order chi connectivity index (χ1) is 10.1. The number of aliphatic hydroxyl groups excluding tert-OH is 1. The second kappa shape index (κ2) is 5.61. The summed E-state index contributed by atoms with van der Waals surface area (Å²) in [7, 11) is 0. The Labute approximate surface area is 124 Å². The maximum atomic E-state index is 10.1. The van der Waals surface area contributed by atoms with Crippen LogP contribution in [0.1, 0.15) is 30.3 Å². The van der Waals surface area contributed by atoms with Crippen LogP contribution < -0.4 is 10.6 Å². The topological polar surface area (TPSA) is 74.5 Å². The van der Waals surface area contributed by atoms with Crippen LogP contribution in [0.25, 0.3) is 5.65 Å². The Bertz CT molecular complexity index is 651. The van der Waals surface area contributed by atoms with Gasteiger partial charge in [0.1, 0.15) is 5.82 Å². The van der Waals surface area contributed by atoms with Gasteiger partial charge in [0.15, 0.2) is 5.65 Å². The summed E-state index contributed by atoms with van der Waals surface area (Å²) in [5.41, 5.74) is 4.02. The van der Waals surface area contributed by atoms with Crippen LogP contribution in [0, 0.1) is 13.8 Å². The second-order valence-corrected chi connectivity index (χ2v) is 5.74. The molecular weight excluding hydrogens is 266 g/mol. The molecule has 6 nitrogen and oxygen atoms in total. The SMILES string of the molecule is CCc1cc(N[C@@H]2CNCC[C@H]2O)n2nc(C)c(C)c2n1. The van der Waals surface area contributed by atoms with Gasteiger partial charge in [-0.15, -0.1) is 0 Å². The molecule has 2 atom stereocenters. The fourth-order valence-corrected chi connectivity index (χ4v) is 2.75. The van der Waals surface area contributed by atoms with Crippen LogP contribution in [0.5, 0.6) is 0 Å². The number of fused-ring (bicyclic) bond motifs is 1. The number of aromatic nitrogens is 3. The van der Waals surface area contributed by atoms with Gasteiger partial charge >= 0.3 is 0 Å². The van der Waals surface area contributed by atoms with Crippen molar-refractivity contribution in [1.82, 2.24) is 19.9 Å². The van der Waals surface area contributed by atoms with Crippen molar-refractivity contribution < 1.29 is 5.11 Å². The van der Waals surface area contributed by atoms with E-state index in [4.69, 9.17) is 0 Å². The van der Waals surface area contributed by atoms with E-state index in [-0.39, 0.29) is 12.1 Å². The highest BCUT2D eigenvalue weighted by molar-refractivity contribution is 5.56. The number of nitrogens with one attached hydrogen (secondary N) is 2. The predicted molar refractivity (Wildman–Crippen MR) is 82.7 cm³/mol. The van der Waals surface area contributed by atoms with Crippen LogP contribution in [0.3, 0.4) is 0 Å². The largest absolute Gasteiger partial charge is 0.391 e. The maximum absolute atomic E-state index is 10.1. The molecule has 6 heteroatoms. The number of aliphatic hydroxyl groups is 1. The van der Waals surface area contributed by atoms with Crippen LogP contribution in [0.15, 0.2) is 6.07 Å². The molecule has 0 bridgehead atoms. The van der Waals surface area contributed by atoms with Crippen LogP contribution in [0.2, 0.25) is 0 Å². The minimum absolute atomic E-state index is 0.00105. The minimum atomic E-state index is -0.336. The van der Waals surface area contributed by atoms with E-state index in [1.165, 1.54) is 0 Å². The Morgan fingerprint density at radius 2 is 2.29 bits per heavy atom. The van der Waals surface area contributed by atoms with Gasteiger partial charge in [0, 0.05) is 23.9 Å². The van der Waals surface area contributed by atoms with Gasteiger partial charge < -0.3 is 15.7 Å². The highest BCUT2D eigenvalue weighted by Gasteiger charge is 2.24. The van der Waals surface area contributed by atoms with E-state index in [1.54, 1.807) is 0 Å². The quantitative estimate of drug-likeness (QED) is 0.787. The predicted octanol–water partition coefficient (Wildman–Crippen LogP) is 1.04. The standard InChI is InChI=1S/C15H23N5O/c1-4-11-7-14(18-12-8-16-6-5-13(12)21)20-15(17-11)9(2)10(3)19-20/h7,12-13,16,18,21H,4-6,8H2,1-3H3/t12-,13-/m1/s1. The van der Waals surface area contributed by atoms with E-state index in [0.29, 0.717) is 0 Å². The molecule has 2 aromatic heterocycles. The molecule has 21 heavy (non-hydrogen) atoms. The normalized spacial score (nSPS) is 22.7. The van der Waals surface area contributed by atoms with Gasteiger partial charge in [-0.25, -0.2) is 4.98 Å². The molecule has 0 aromatic carbocycles. The second-order valence-electron chi connectivity index (χ2n) is 5.74. The first-order valence-electron chi connectivity index (χ1n) is 7.61. The molecule has 1 saturated heterocycles. The number of rotatable bonds is 3. The minimum Gasteiger partial charge on any atom is -0.391 e. The third-order valence-electron chi connectivity index (χ3n) is 4.25. The number of hydrogen-bond acceptors (Lipinski definition) is 5. The van der Waals surface area contributed by atoms with Gasteiger partial charge in [-0.3, -0.25) is 0 Å². The van der Waals surface area contributed by atoms with E-state index in [1.807, 2.05) is 24.4 Å². The summed E-state index contributed by atoms with van der Waals surface area (Å²) < 4.78 is 1.85. The lowest BCUT2D eigenvalue weighted by atomic mass is 10.0. The zero-order valence-corrected chi connectivity index (χ0v) is 12.8. The highest BCUT2D eigenvalue weighted by atomic mass is 16.3. The van der Waals surface area contributed by atoms with Gasteiger partial charge in [0.2, 0.25) is 0 Å². The third kappa shape index (κ3) is 2.61. The molecule has 3 heterocycles. The van der Waals surface area contributed by atoms with Gasteiger partial charge in [0.25, 0.3) is 0 Å². The van der Waals surface area contributed by atoms with Crippen molar-refractivity contribution in [3.63, 3.8) is 0 Å². The summed E-state index contributed by atoms with van der Waals surface area (Å²) in [5, 5.41) is 21.5. The Balaban J connectivity index is 2.01. The summed E-state index contributed by atoms with van der Waals surface area (Å²) >= 11 is 0. The Kier molecular flexibility index (Phi) is 3.82. The van der Waals surface area contributed by atoms with Crippen molar-refractivity contribution in [2.75, 3.05) is 18.4 Å². The summed E-state index contributed by atoms with van der Waals surface area (Å²) in [5.74, 6) is 0.904. The maximum Gasteiger partial charge on any atom is 0.160 e. The van der Waals surface area contributed by atoms with Crippen molar-refractivity contribution >= 4 is 11.5 Å². The van der Waals surface area contributed by atoms with E-state index < -0.39 is 0 Å². The molecule has 1 fully saturated rings. The fourth-order valence-electron chi connectivity index (χ4n) is 2.75. The van der Waals surface area contributed by atoms with Gasteiger partial charge in [-0.05, 0) is 33.2 Å².